The Morgan fingerprint density at radius 1 is 0.205 bits per heavy atom. The summed E-state index contributed by atoms with van der Waals surface area (Å²) in [5, 5.41) is 16.9. The molecule has 0 amide bonds. The van der Waals surface area contributed by atoms with Crippen molar-refractivity contribution in [1.29, 1.82) is 0 Å². The van der Waals surface area contributed by atoms with Gasteiger partial charge < -0.3 is 22.7 Å². The quantitative estimate of drug-likeness (QED) is 0.173. The Morgan fingerprint density at radius 2 is 0.521 bits per heavy atom. The normalized spacial score (nSPS) is 12.4. The van der Waals surface area contributed by atoms with Gasteiger partial charge in [-0.15, -0.1) is 0 Å². The summed E-state index contributed by atoms with van der Waals surface area (Å²) in [5.74, 6) is 0. The van der Waals surface area contributed by atoms with E-state index in [1.807, 2.05) is 0 Å². The zero-order chi connectivity index (χ0) is 47.5. The van der Waals surface area contributed by atoms with Gasteiger partial charge in [0.2, 0.25) is 0 Å². The van der Waals surface area contributed by atoms with Gasteiger partial charge in [0, 0.05) is 87.4 Å². The first-order valence-electron chi connectivity index (χ1n) is 25.1. The highest BCUT2D eigenvalue weighted by Gasteiger charge is 2.22. The van der Waals surface area contributed by atoms with Crippen LogP contribution in [0.3, 0.4) is 0 Å². The van der Waals surface area contributed by atoms with Crippen molar-refractivity contribution in [1.82, 2.24) is 18.3 Å². The van der Waals surface area contributed by atoms with E-state index in [2.05, 4.69) is 261 Å². The molecule has 5 heteroatoms. The molecule has 0 bridgehead atoms. The second kappa shape index (κ2) is 14.4. The van der Waals surface area contributed by atoms with Crippen molar-refractivity contribution in [3.8, 4) is 22.7 Å². The van der Waals surface area contributed by atoms with E-state index in [-0.39, 0.29) is 0 Å². The van der Waals surface area contributed by atoms with Gasteiger partial charge >= 0.3 is 0 Å². The molecule has 0 aliphatic heterocycles. The van der Waals surface area contributed by atoms with E-state index in [1.165, 1.54) is 97.7 Å². The smallest absolute Gasteiger partial charge is 0.135 e. The maximum Gasteiger partial charge on any atom is 0.135 e. The van der Waals surface area contributed by atoms with E-state index in [4.69, 9.17) is 4.42 Å². The number of para-hydroxylation sites is 4. The fraction of sp³-hybridized carbons (Fsp3) is 0. The lowest BCUT2D eigenvalue weighted by atomic mass is 10.1. The molecule has 0 unspecified atom stereocenters. The summed E-state index contributed by atoms with van der Waals surface area (Å²) in [4.78, 5) is 0. The highest BCUT2D eigenvalue weighted by atomic mass is 16.3. The number of nitrogens with zero attached hydrogens (tertiary/aromatic N) is 4. The summed E-state index contributed by atoms with van der Waals surface area (Å²) in [5.41, 5.74) is 15.7. The number of hydrogen-bond donors (Lipinski definition) is 0. The van der Waals surface area contributed by atoms with Gasteiger partial charge in [0.15, 0.2) is 0 Å². The average molecular weight is 929 g/mol. The predicted molar refractivity (Wildman–Crippen MR) is 306 cm³/mol. The number of furan rings is 1. The molecule has 0 radical (unpaired) electrons. The number of benzene rings is 12. The summed E-state index contributed by atoms with van der Waals surface area (Å²) >= 11 is 0. The molecule has 0 N–H and O–H groups in total. The van der Waals surface area contributed by atoms with Crippen molar-refractivity contribution in [3.05, 3.63) is 243 Å². The van der Waals surface area contributed by atoms with Gasteiger partial charge in [0.25, 0.3) is 0 Å². The second-order valence-corrected chi connectivity index (χ2v) is 19.6. The van der Waals surface area contributed by atoms with Crippen LogP contribution in [0.25, 0.3) is 153 Å². The van der Waals surface area contributed by atoms with Crippen LogP contribution in [-0.2, 0) is 0 Å². The average Bonchev–Trinajstić information content (AvgIpc) is 4.25. The van der Waals surface area contributed by atoms with Crippen LogP contribution in [0.1, 0.15) is 0 Å². The van der Waals surface area contributed by atoms with Crippen LogP contribution >= 0.6 is 0 Å². The lowest BCUT2D eigenvalue weighted by molar-refractivity contribution is 0.669. The summed E-state index contributed by atoms with van der Waals surface area (Å²) in [6.07, 6.45) is 0. The minimum atomic E-state index is 0.860. The third-order valence-corrected chi connectivity index (χ3v) is 15.9. The van der Waals surface area contributed by atoms with Crippen LogP contribution in [0.15, 0.2) is 247 Å². The Kier molecular flexibility index (Phi) is 7.67. The number of rotatable bonds is 4. The lowest BCUT2D eigenvalue weighted by Gasteiger charge is -2.12. The molecule has 5 aromatic heterocycles. The summed E-state index contributed by atoms with van der Waals surface area (Å²) in [7, 11) is 0. The van der Waals surface area contributed by atoms with Crippen LogP contribution < -0.4 is 0 Å². The Labute approximate surface area is 416 Å². The maximum atomic E-state index is 6.72. The Balaban J connectivity index is 0.888. The van der Waals surface area contributed by atoms with E-state index < -0.39 is 0 Å². The molecule has 73 heavy (non-hydrogen) atoms. The van der Waals surface area contributed by atoms with Crippen LogP contribution in [0.2, 0.25) is 0 Å². The van der Waals surface area contributed by atoms with E-state index in [0.717, 1.165) is 55.7 Å². The molecule has 12 aromatic carbocycles. The van der Waals surface area contributed by atoms with E-state index >= 15 is 0 Å². The van der Waals surface area contributed by atoms with E-state index in [1.54, 1.807) is 0 Å². The molecule has 0 aliphatic rings. The van der Waals surface area contributed by atoms with Gasteiger partial charge in [0.05, 0.1) is 44.1 Å². The second-order valence-electron chi connectivity index (χ2n) is 19.6. The van der Waals surface area contributed by atoms with E-state index in [0.29, 0.717) is 0 Å². The monoisotopic (exact) mass is 928 g/mol. The van der Waals surface area contributed by atoms with Crippen molar-refractivity contribution in [3.63, 3.8) is 0 Å². The van der Waals surface area contributed by atoms with Gasteiger partial charge in [-0.05, 0) is 108 Å². The molecule has 17 rings (SSSR count). The zero-order valence-corrected chi connectivity index (χ0v) is 39.3. The van der Waals surface area contributed by atoms with Crippen LogP contribution in [0.4, 0.5) is 0 Å². The van der Waals surface area contributed by atoms with Crippen molar-refractivity contribution >= 4 is 131 Å². The first-order chi connectivity index (χ1) is 36.2. The first kappa shape index (κ1) is 38.9. The molecule has 5 heterocycles. The lowest BCUT2D eigenvalue weighted by Crippen LogP contribution is -1.96. The Hall–Kier alpha value is -9.84. The highest BCUT2D eigenvalue weighted by molar-refractivity contribution is 6.22. The molecular formula is C68H40N4O. The number of aromatic nitrogens is 4. The summed E-state index contributed by atoms with van der Waals surface area (Å²) in [6, 6.07) is 89.1. The highest BCUT2D eigenvalue weighted by Crippen LogP contribution is 2.44. The molecule has 0 saturated carbocycles. The molecule has 0 spiro atoms. The minimum absolute atomic E-state index is 0.860. The van der Waals surface area contributed by atoms with Gasteiger partial charge in [-0.1, -0.05) is 146 Å². The van der Waals surface area contributed by atoms with Crippen LogP contribution in [0.5, 0.6) is 0 Å². The Bertz CT molecular complexity index is 4800. The third kappa shape index (κ3) is 5.29. The van der Waals surface area contributed by atoms with Crippen molar-refractivity contribution < 1.29 is 4.42 Å². The van der Waals surface area contributed by atoms with Crippen LogP contribution in [0, 0.1) is 0 Å². The fourth-order valence-electron chi connectivity index (χ4n) is 12.8. The first-order valence-corrected chi connectivity index (χ1v) is 25.1. The topological polar surface area (TPSA) is 32.9 Å². The maximum absolute atomic E-state index is 6.72. The van der Waals surface area contributed by atoms with Gasteiger partial charge in [-0.3, -0.25) is 0 Å². The van der Waals surface area contributed by atoms with Gasteiger partial charge in [-0.25, -0.2) is 0 Å². The van der Waals surface area contributed by atoms with E-state index in [9.17, 15) is 0 Å². The summed E-state index contributed by atoms with van der Waals surface area (Å²) in [6.45, 7) is 0. The SMILES string of the molecule is c1ccc2c(c1)ccc1c3cc(-n4c5ccccc5c5ccccc54)ccc3n(-c3ccc4oc5ccc(-n6c7ccc(-n8c9ccccc9c9ccccc98)cc7c7ccc8ccccc8c76)cc5c4c3)c21. The molecule has 17 aromatic rings. The zero-order valence-electron chi connectivity index (χ0n) is 39.3. The van der Waals surface area contributed by atoms with Gasteiger partial charge in [0.1, 0.15) is 11.2 Å². The van der Waals surface area contributed by atoms with Gasteiger partial charge in [-0.2, -0.15) is 0 Å². The molecule has 0 fully saturated rings. The fourth-order valence-corrected chi connectivity index (χ4v) is 12.8. The number of hydrogen-bond acceptors (Lipinski definition) is 1. The minimum Gasteiger partial charge on any atom is -0.456 e. The van der Waals surface area contributed by atoms with Crippen molar-refractivity contribution in [2.24, 2.45) is 0 Å². The molecule has 0 saturated heterocycles. The van der Waals surface area contributed by atoms with Crippen LogP contribution in [-0.4, -0.2) is 18.3 Å². The molecule has 0 atom stereocenters. The third-order valence-electron chi connectivity index (χ3n) is 15.9. The molecule has 0 aliphatic carbocycles. The number of fused-ring (bicyclic) bond motifs is 19. The molecular weight excluding hydrogens is 889 g/mol. The van der Waals surface area contributed by atoms with Crippen molar-refractivity contribution in [2.75, 3.05) is 0 Å². The van der Waals surface area contributed by atoms with Crippen molar-refractivity contribution in [2.45, 2.75) is 0 Å². The molecule has 5 nitrogen and oxygen atoms in total. The standard InChI is InChI=1S/C68H40N4O/c1-3-15-47-41(13-1)25-31-53-55-37-43(69-59-21-9-5-17-49(59)50-18-6-10-22-60(50)69)27-33-63(55)71(67(47)53)45-29-35-65-57(39-45)58-40-46(30-36-66(58)73-65)72-64-34-28-44(38-56(64)54-32-26-42-14-2-4-16-48(42)68(54)72)70-61-23-11-7-19-51(61)52-20-8-12-24-62(52)70/h1-40H. The Morgan fingerprint density at radius 3 is 0.932 bits per heavy atom. The summed E-state index contributed by atoms with van der Waals surface area (Å²) < 4.78 is 16.5. The molecule has 338 valence electrons. The largest absolute Gasteiger partial charge is 0.456 e. The predicted octanol–water partition coefficient (Wildman–Crippen LogP) is 18.3.